The molecule has 0 aliphatic heterocycles. The van der Waals surface area contributed by atoms with E-state index >= 15 is 0 Å². The zero-order valence-electron chi connectivity index (χ0n) is 18.2. The van der Waals surface area contributed by atoms with Gasteiger partial charge >= 0.3 is 5.97 Å². The highest BCUT2D eigenvalue weighted by Gasteiger charge is 2.33. The third-order valence-corrected chi connectivity index (χ3v) is 6.98. The standard InChI is InChI=1S/C24H29ClN2O3S/c1-4-5-10-22-26-14-20(27(22)15-17-8-6-7-9-19(17)25)23(28)18(24(29)30-3)13-21-16(2)11-12-31-21/h6-9,11-12,14,18,23,28H,4-5,10,13,15H2,1-3H3. The number of methoxy groups -OCH3 is 1. The van der Waals surface area contributed by atoms with Gasteiger partial charge in [0.15, 0.2) is 0 Å². The number of aliphatic hydroxyl groups excluding tert-OH is 1. The molecule has 0 aliphatic rings. The van der Waals surface area contributed by atoms with Gasteiger partial charge in [0, 0.05) is 16.3 Å². The molecule has 0 radical (unpaired) electrons. The highest BCUT2D eigenvalue weighted by molar-refractivity contribution is 7.10. The molecule has 0 aliphatic carbocycles. The molecule has 2 unspecified atom stereocenters. The third-order valence-electron chi connectivity index (χ3n) is 5.57. The molecular formula is C24H29ClN2O3S. The lowest BCUT2D eigenvalue weighted by Crippen LogP contribution is -2.27. The largest absolute Gasteiger partial charge is 0.469 e. The van der Waals surface area contributed by atoms with Gasteiger partial charge < -0.3 is 14.4 Å². The van der Waals surface area contributed by atoms with Gasteiger partial charge in [-0.3, -0.25) is 4.79 Å². The van der Waals surface area contributed by atoms with E-state index in [2.05, 4.69) is 11.9 Å². The van der Waals surface area contributed by atoms with Crippen molar-refractivity contribution in [3.05, 3.63) is 74.5 Å². The number of aromatic nitrogens is 2. The molecule has 3 rings (SSSR count). The Morgan fingerprint density at radius 1 is 1.32 bits per heavy atom. The van der Waals surface area contributed by atoms with Crippen molar-refractivity contribution in [1.29, 1.82) is 0 Å². The lowest BCUT2D eigenvalue weighted by molar-refractivity contribution is -0.149. The third kappa shape index (κ3) is 5.56. The Hall–Kier alpha value is -2.15. The smallest absolute Gasteiger partial charge is 0.312 e. The number of carbonyl (C=O) groups excluding carboxylic acids is 1. The van der Waals surface area contributed by atoms with Crippen LogP contribution < -0.4 is 0 Å². The Morgan fingerprint density at radius 3 is 2.74 bits per heavy atom. The summed E-state index contributed by atoms with van der Waals surface area (Å²) in [6.07, 6.45) is 3.88. The maximum atomic E-state index is 12.6. The molecule has 166 valence electrons. The summed E-state index contributed by atoms with van der Waals surface area (Å²) in [4.78, 5) is 18.3. The fraction of sp³-hybridized carbons (Fsp3) is 0.417. The number of aryl methyl sites for hydroxylation is 2. The van der Waals surface area contributed by atoms with Crippen LogP contribution in [0.25, 0.3) is 0 Å². The minimum atomic E-state index is -1.04. The quantitative estimate of drug-likeness (QED) is 0.413. The molecule has 0 saturated carbocycles. The van der Waals surface area contributed by atoms with Crippen molar-refractivity contribution in [3.8, 4) is 0 Å². The van der Waals surface area contributed by atoms with Crippen molar-refractivity contribution in [2.24, 2.45) is 5.92 Å². The van der Waals surface area contributed by atoms with Gasteiger partial charge in [-0.1, -0.05) is 43.1 Å². The van der Waals surface area contributed by atoms with Crippen LogP contribution >= 0.6 is 22.9 Å². The number of carbonyl (C=O) groups is 1. The predicted octanol–water partition coefficient (Wildman–Crippen LogP) is 5.36. The van der Waals surface area contributed by atoms with Gasteiger partial charge in [0.2, 0.25) is 0 Å². The number of halogens is 1. The van der Waals surface area contributed by atoms with Crippen LogP contribution in [0.5, 0.6) is 0 Å². The Bertz CT molecular complexity index is 1010. The van der Waals surface area contributed by atoms with E-state index in [-0.39, 0.29) is 0 Å². The summed E-state index contributed by atoms with van der Waals surface area (Å²) in [5, 5.41) is 14.0. The fourth-order valence-corrected chi connectivity index (χ4v) is 4.83. The van der Waals surface area contributed by atoms with Crippen LogP contribution in [-0.4, -0.2) is 27.7 Å². The summed E-state index contributed by atoms with van der Waals surface area (Å²) in [5.41, 5.74) is 2.66. The van der Waals surface area contributed by atoms with Crippen molar-refractivity contribution in [3.63, 3.8) is 0 Å². The number of esters is 1. The van der Waals surface area contributed by atoms with Crippen LogP contribution in [-0.2, 0) is 28.9 Å². The average Bonchev–Trinajstić information content (AvgIpc) is 3.36. The Labute approximate surface area is 192 Å². The van der Waals surface area contributed by atoms with E-state index < -0.39 is 18.0 Å². The second kappa shape index (κ2) is 10.9. The van der Waals surface area contributed by atoms with Crippen molar-refractivity contribution < 1.29 is 14.6 Å². The maximum absolute atomic E-state index is 12.6. The molecule has 7 heteroatoms. The number of aliphatic hydroxyl groups is 1. The first-order chi connectivity index (χ1) is 15.0. The van der Waals surface area contributed by atoms with E-state index in [1.54, 1.807) is 17.5 Å². The minimum absolute atomic E-state index is 0.416. The van der Waals surface area contributed by atoms with E-state index in [4.69, 9.17) is 16.3 Å². The van der Waals surface area contributed by atoms with Crippen molar-refractivity contribution >= 4 is 28.9 Å². The number of ether oxygens (including phenoxy) is 1. The van der Waals surface area contributed by atoms with Gasteiger partial charge in [-0.2, -0.15) is 0 Å². The molecule has 1 N–H and O–H groups in total. The summed E-state index contributed by atoms with van der Waals surface area (Å²) in [5.74, 6) is -0.268. The van der Waals surface area contributed by atoms with Crippen LogP contribution in [0.4, 0.5) is 0 Å². The summed E-state index contributed by atoms with van der Waals surface area (Å²) in [6, 6.07) is 9.67. The van der Waals surface area contributed by atoms with E-state index in [1.807, 2.05) is 47.2 Å². The van der Waals surface area contributed by atoms with Gasteiger partial charge in [-0.15, -0.1) is 11.3 Å². The van der Waals surface area contributed by atoms with Crippen LogP contribution in [0.3, 0.4) is 0 Å². The summed E-state index contributed by atoms with van der Waals surface area (Å²) in [7, 11) is 1.36. The van der Waals surface area contributed by atoms with E-state index in [1.165, 1.54) is 7.11 Å². The number of nitrogens with zero attached hydrogens (tertiary/aromatic N) is 2. The topological polar surface area (TPSA) is 64.3 Å². The molecule has 0 bridgehead atoms. The zero-order chi connectivity index (χ0) is 22.4. The number of imidazole rings is 1. The number of unbranched alkanes of at least 4 members (excludes halogenated alkanes) is 1. The Morgan fingerprint density at radius 2 is 2.10 bits per heavy atom. The molecule has 2 aromatic heterocycles. The molecule has 0 spiro atoms. The minimum Gasteiger partial charge on any atom is -0.469 e. The first-order valence-electron chi connectivity index (χ1n) is 10.5. The van der Waals surface area contributed by atoms with Gasteiger partial charge in [-0.25, -0.2) is 4.98 Å². The Balaban J connectivity index is 1.98. The van der Waals surface area contributed by atoms with Gasteiger partial charge in [0.05, 0.1) is 31.5 Å². The van der Waals surface area contributed by atoms with Crippen LogP contribution in [0.1, 0.15) is 53.4 Å². The fourth-order valence-electron chi connectivity index (χ4n) is 3.67. The monoisotopic (exact) mass is 460 g/mol. The SMILES string of the molecule is CCCCc1ncc(C(O)C(Cc2sccc2C)C(=O)OC)n1Cc1ccccc1Cl. The number of hydrogen-bond donors (Lipinski definition) is 1. The lowest BCUT2D eigenvalue weighted by atomic mass is 9.94. The molecular weight excluding hydrogens is 432 g/mol. The highest BCUT2D eigenvalue weighted by Crippen LogP contribution is 2.31. The number of rotatable bonds is 10. The maximum Gasteiger partial charge on any atom is 0.312 e. The molecule has 0 amide bonds. The molecule has 3 aromatic rings. The first-order valence-corrected chi connectivity index (χ1v) is 11.8. The molecule has 0 saturated heterocycles. The second-order valence-electron chi connectivity index (χ2n) is 7.69. The van der Waals surface area contributed by atoms with Gasteiger partial charge in [0.1, 0.15) is 11.9 Å². The predicted molar refractivity (Wildman–Crippen MR) is 125 cm³/mol. The van der Waals surface area contributed by atoms with E-state index in [9.17, 15) is 9.90 Å². The Kier molecular flexibility index (Phi) is 8.29. The molecule has 31 heavy (non-hydrogen) atoms. The summed E-state index contributed by atoms with van der Waals surface area (Å²) in [6.45, 7) is 4.63. The van der Waals surface area contributed by atoms with Gasteiger partial charge in [0.25, 0.3) is 0 Å². The zero-order valence-corrected chi connectivity index (χ0v) is 19.7. The summed E-state index contributed by atoms with van der Waals surface area (Å²) >= 11 is 7.99. The second-order valence-corrected chi connectivity index (χ2v) is 9.09. The first kappa shape index (κ1) is 23.5. The molecule has 2 heterocycles. The summed E-state index contributed by atoms with van der Waals surface area (Å²) < 4.78 is 7.05. The van der Waals surface area contributed by atoms with E-state index in [0.717, 1.165) is 41.1 Å². The van der Waals surface area contributed by atoms with Crippen LogP contribution in [0, 0.1) is 12.8 Å². The van der Waals surface area contributed by atoms with Gasteiger partial charge in [-0.05, 0) is 48.4 Å². The van der Waals surface area contributed by atoms with Crippen LogP contribution in [0.2, 0.25) is 5.02 Å². The molecule has 2 atom stereocenters. The molecule has 1 aromatic carbocycles. The average molecular weight is 461 g/mol. The highest BCUT2D eigenvalue weighted by atomic mass is 35.5. The molecule has 5 nitrogen and oxygen atoms in total. The van der Waals surface area contributed by atoms with Crippen molar-refractivity contribution in [2.45, 2.75) is 52.2 Å². The number of thiophene rings is 1. The lowest BCUT2D eigenvalue weighted by Gasteiger charge is -2.23. The van der Waals surface area contributed by atoms with E-state index in [0.29, 0.717) is 23.7 Å². The van der Waals surface area contributed by atoms with Crippen molar-refractivity contribution in [2.75, 3.05) is 7.11 Å². The number of benzene rings is 1. The van der Waals surface area contributed by atoms with Crippen LogP contribution in [0.15, 0.2) is 41.9 Å². The normalized spacial score (nSPS) is 13.2. The number of hydrogen-bond acceptors (Lipinski definition) is 5. The molecule has 0 fully saturated rings. The van der Waals surface area contributed by atoms with Crippen molar-refractivity contribution in [1.82, 2.24) is 9.55 Å².